The van der Waals surface area contributed by atoms with E-state index < -0.39 is 0 Å². The van der Waals surface area contributed by atoms with Gasteiger partial charge in [0.2, 0.25) is 0 Å². The first-order valence-corrected chi connectivity index (χ1v) is 11.7. The highest BCUT2D eigenvalue weighted by atomic mass is 16.5. The van der Waals surface area contributed by atoms with Crippen molar-refractivity contribution in [2.45, 2.75) is 110 Å². The zero-order chi connectivity index (χ0) is 18.5. The van der Waals surface area contributed by atoms with E-state index in [9.17, 15) is 0 Å². The standard InChI is InChI=1S/C23H46N2O/c1-2-26-22-18-16-14-12-10-8-6-4-3-5-7-9-11-13-15-17-20-25-21-19-24-23-25/h23H,2-22H2,1H3. The normalized spacial score (nSPS) is 13.8. The highest BCUT2D eigenvalue weighted by Crippen LogP contribution is 2.14. The maximum absolute atomic E-state index is 5.37. The van der Waals surface area contributed by atoms with Gasteiger partial charge in [-0.3, -0.25) is 4.99 Å². The minimum absolute atomic E-state index is 0.870. The lowest BCUT2D eigenvalue weighted by Crippen LogP contribution is -2.20. The van der Waals surface area contributed by atoms with E-state index in [4.69, 9.17) is 4.74 Å². The van der Waals surface area contributed by atoms with Crippen molar-refractivity contribution in [2.24, 2.45) is 4.99 Å². The molecule has 0 fully saturated rings. The van der Waals surface area contributed by atoms with Crippen LogP contribution >= 0.6 is 0 Å². The molecule has 0 amide bonds. The van der Waals surface area contributed by atoms with Crippen molar-refractivity contribution < 1.29 is 4.74 Å². The Morgan fingerprint density at radius 3 is 1.58 bits per heavy atom. The van der Waals surface area contributed by atoms with Crippen molar-refractivity contribution in [1.82, 2.24) is 4.90 Å². The Kier molecular flexibility index (Phi) is 17.3. The van der Waals surface area contributed by atoms with Crippen molar-refractivity contribution >= 4 is 6.34 Å². The Hall–Kier alpha value is -0.570. The SMILES string of the molecule is CCOCCCCCCCCCCCCCCCCCCN1C=NCC1. The molecule has 0 aromatic heterocycles. The molecule has 0 aromatic carbocycles. The number of nitrogens with zero attached hydrogens (tertiary/aromatic N) is 2. The molecule has 0 radical (unpaired) electrons. The van der Waals surface area contributed by atoms with Crippen molar-refractivity contribution in [3.8, 4) is 0 Å². The molecule has 154 valence electrons. The summed E-state index contributed by atoms with van der Waals surface area (Å²) in [7, 11) is 0. The van der Waals surface area contributed by atoms with E-state index in [-0.39, 0.29) is 0 Å². The minimum atomic E-state index is 0.870. The minimum Gasteiger partial charge on any atom is -0.382 e. The van der Waals surface area contributed by atoms with Gasteiger partial charge < -0.3 is 9.64 Å². The van der Waals surface area contributed by atoms with Crippen LogP contribution < -0.4 is 0 Å². The molecule has 0 aliphatic carbocycles. The maximum Gasteiger partial charge on any atom is 0.0851 e. The zero-order valence-electron chi connectivity index (χ0n) is 17.7. The summed E-state index contributed by atoms with van der Waals surface area (Å²) < 4.78 is 5.37. The lowest BCUT2D eigenvalue weighted by atomic mass is 10.0. The maximum atomic E-state index is 5.37. The smallest absolute Gasteiger partial charge is 0.0851 e. The van der Waals surface area contributed by atoms with E-state index >= 15 is 0 Å². The van der Waals surface area contributed by atoms with Crippen LogP contribution in [0.4, 0.5) is 0 Å². The first-order chi connectivity index (χ1) is 12.9. The first-order valence-electron chi connectivity index (χ1n) is 11.7. The fourth-order valence-electron chi connectivity index (χ4n) is 3.72. The van der Waals surface area contributed by atoms with E-state index in [0.717, 1.165) is 26.3 Å². The van der Waals surface area contributed by atoms with Crippen LogP contribution in [0.1, 0.15) is 110 Å². The third-order valence-corrected chi connectivity index (χ3v) is 5.45. The van der Waals surface area contributed by atoms with Gasteiger partial charge in [-0.2, -0.15) is 0 Å². The number of aliphatic imine (C=N–C) groups is 1. The quantitative estimate of drug-likeness (QED) is 0.226. The molecule has 0 spiro atoms. The number of hydrogen-bond donors (Lipinski definition) is 0. The van der Waals surface area contributed by atoms with Gasteiger partial charge >= 0.3 is 0 Å². The van der Waals surface area contributed by atoms with Gasteiger partial charge in [0.15, 0.2) is 0 Å². The van der Waals surface area contributed by atoms with E-state index in [0.29, 0.717) is 0 Å². The molecular formula is C23H46N2O. The molecule has 1 aliphatic heterocycles. The number of ether oxygens (including phenoxy) is 1. The Morgan fingerprint density at radius 1 is 0.692 bits per heavy atom. The van der Waals surface area contributed by atoms with Gasteiger partial charge in [-0.15, -0.1) is 0 Å². The summed E-state index contributed by atoms with van der Waals surface area (Å²) in [5, 5.41) is 0. The van der Waals surface area contributed by atoms with Gasteiger partial charge in [0.05, 0.1) is 12.9 Å². The van der Waals surface area contributed by atoms with Crippen LogP contribution in [0.25, 0.3) is 0 Å². The second-order valence-electron chi connectivity index (χ2n) is 7.91. The van der Waals surface area contributed by atoms with E-state index in [1.807, 2.05) is 6.34 Å². The molecule has 1 heterocycles. The summed E-state index contributed by atoms with van der Waals surface area (Å²) in [4.78, 5) is 6.63. The fraction of sp³-hybridized carbons (Fsp3) is 0.957. The summed E-state index contributed by atoms with van der Waals surface area (Å²) in [6, 6.07) is 0. The molecule has 0 atom stereocenters. The summed E-state index contributed by atoms with van der Waals surface area (Å²) in [6.07, 6.45) is 24.7. The number of rotatable bonds is 20. The van der Waals surface area contributed by atoms with Gasteiger partial charge in [-0.05, 0) is 19.8 Å². The molecule has 0 unspecified atom stereocenters. The topological polar surface area (TPSA) is 24.8 Å². The summed E-state index contributed by atoms with van der Waals surface area (Å²) in [5.74, 6) is 0. The average Bonchev–Trinajstić information content (AvgIpc) is 3.17. The van der Waals surface area contributed by atoms with Crippen LogP contribution in [0.3, 0.4) is 0 Å². The van der Waals surface area contributed by atoms with Crippen molar-refractivity contribution in [1.29, 1.82) is 0 Å². The van der Waals surface area contributed by atoms with Crippen LogP contribution in [0.5, 0.6) is 0 Å². The largest absolute Gasteiger partial charge is 0.382 e. The first kappa shape index (κ1) is 23.5. The molecule has 26 heavy (non-hydrogen) atoms. The summed E-state index contributed by atoms with van der Waals surface area (Å²) in [5.41, 5.74) is 0. The highest BCUT2D eigenvalue weighted by Gasteiger charge is 2.03. The molecule has 0 aromatic rings. The predicted octanol–water partition coefficient (Wildman–Crippen LogP) is 6.61. The van der Waals surface area contributed by atoms with Crippen LogP contribution in [-0.4, -0.2) is 44.1 Å². The average molecular weight is 367 g/mol. The zero-order valence-corrected chi connectivity index (χ0v) is 17.7. The monoisotopic (exact) mass is 366 g/mol. The van der Waals surface area contributed by atoms with Crippen LogP contribution in [-0.2, 0) is 4.74 Å². The molecule has 1 rings (SSSR count). The lowest BCUT2D eigenvalue weighted by Gasteiger charge is -2.12. The molecule has 0 saturated carbocycles. The number of hydrogen-bond acceptors (Lipinski definition) is 3. The fourth-order valence-corrected chi connectivity index (χ4v) is 3.72. The molecular weight excluding hydrogens is 320 g/mol. The number of unbranched alkanes of at least 4 members (excludes halogenated alkanes) is 15. The molecule has 3 nitrogen and oxygen atoms in total. The van der Waals surface area contributed by atoms with Gasteiger partial charge in [0, 0.05) is 26.3 Å². The molecule has 0 N–H and O–H groups in total. The van der Waals surface area contributed by atoms with Crippen LogP contribution in [0.15, 0.2) is 4.99 Å². The Morgan fingerprint density at radius 2 is 1.15 bits per heavy atom. The second kappa shape index (κ2) is 19.2. The van der Waals surface area contributed by atoms with Crippen molar-refractivity contribution in [3.63, 3.8) is 0 Å². The third kappa shape index (κ3) is 15.7. The van der Waals surface area contributed by atoms with Gasteiger partial charge in [-0.1, -0.05) is 89.9 Å². The predicted molar refractivity (Wildman–Crippen MR) is 115 cm³/mol. The summed E-state index contributed by atoms with van der Waals surface area (Å²) in [6.45, 7) is 7.28. The van der Waals surface area contributed by atoms with E-state index in [2.05, 4.69) is 16.8 Å². The molecule has 0 bridgehead atoms. The molecule has 3 heteroatoms. The molecule has 0 saturated heterocycles. The highest BCUT2D eigenvalue weighted by molar-refractivity contribution is 5.56. The van der Waals surface area contributed by atoms with Crippen LogP contribution in [0.2, 0.25) is 0 Å². The second-order valence-corrected chi connectivity index (χ2v) is 7.91. The van der Waals surface area contributed by atoms with Crippen molar-refractivity contribution in [2.75, 3.05) is 32.8 Å². The Balaban J connectivity index is 1.63. The summed E-state index contributed by atoms with van der Waals surface area (Å²) >= 11 is 0. The van der Waals surface area contributed by atoms with Gasteiger partial charge in [-0.25, -0.2) is 0 Å². The molecule has 1 aliphatic rings. The third-order valence-electron chi connectivity index (χ3n) is 5.45. The lowest BCUT2D eigenvalue weighted by molar-refractivity contribution is 0.143. The Bertz CT molecular complexity index is 307. The van der Waals surface area contributed by atoms with Gasteiger partial charge in [0.1, 0.15) is 0 Å². The van der Waals surface area contributed by atoms with E-state index in [1.165, 1.54) is 109 Å². The van der Waals surface area contributed by atoms with Crippen LogP contribution in [0, 0.1) is 0 Å². The van der Waals surface area contributed by atoms with Crippen molar-refractivity contribution in [3.05, 3.63) is 0 Å². The Labute approximate surface area is 164 Å². The van der Waals surface area contributed by atoms with Gasteiger partial charge in [0.25, 0.3) is 0 Å². The van der Waals surface area contributed by atoms with E-state index in [1.54, 1.807) is 0 Å².